The number of nitrogens with zero attached hydrogens (tertiary/aromatic N) is 1. The number of methoxy groups -OCH3 is 1. The molecule has 0 amide bonds. The van der Waals surface area contributed by atoms with Crippen LogP contribution in [-0.2, 0) is 9.53 Å². The number of benzene rings is 1. The molecule has 1 aliphatic rings. The van der Waals surface area contributed by atoms with Crippen molar-refractivity contribution in [3.8, 4) is 5.75 Å². The van der Waals surface area contributed by atoms with Gasteiger partial charge in [0.2, 0.25) is 0 Å². The van der Waals surface area contributed by atoms with Crippen LogP contribution in [0.5, 0.6) is 5.75 Å². The molecule has 1 aliphatic heterocycles. The van der Waals surface area contributed by atoms with E-state index in [4.69, 9.17) is 9.47 Å². The minimum Gasteiger partial charge on any atom is -0.494 e. The van der Waals surface area contributed by atoms with Gasteiger partial charge in [0.25, 0.3) is 0 Å². The topological polar surface area (TPSA) is 38.8 Å². The van der Waals surface area contributed by atoms with Gasteiger partial charge in [-0.25, -0.2) is 0 Å². The molecular weight excluding hydrogens is 266 g/mol. The number of rotatable bonds is 4. The summed E-state index contributed by atoms with van der Waals surface area (Å²) in [6.07, 6.45) is 0.993. The molecule has 0 radical (unpaired) electrons. The predicted molar refractivity (Wildman–Crippen MR) is 84.1 cm³/mol. The molecule has 4 nitrogen and oxygen atoms in total. The maximum absolute atomic E-state index is 11.7. The largest absolute Gasteiger partial charge is 0.494 e. The number of carbonyl (C=O) groups is 1. The lowest BCUT2D eigenvalue weighted by Gasteiger charge is -2.47. The fourth-order valence-corrected chi connectivity index (χ4v) is 3.22. The number of carbonyl (C=O) groups excluding carboxylic acids is 1. The Morgan fingerprint density at radius 2 is 2.14 bits per heavy atom. The van der Waals surface area contributed by atoms with E-state index >= 15 is 0 Å². The Kier molecular flexibility index (Phi) is 4.45. The zero-order valence-corrected chi connectivity index (χ0v) is 13.6. The zero-order chi connectivity index (χ0) is 15.6. The van der Waals surface area contributed by atoms with Crippen LogP contribution >= 0.6 is 0 Å². The van der Waals surface area contributed by atoms with Gasteiger partial charge in [-0.15, -0.1) is 0 Å². The average Bonchev–Trinajstić information content (AvgIpc) is 2.43. The fourth-order valence-electron chi connectivity index (χ4n) is 3.22. The third kappa shape index (κ3) is 3.14. The summed E-state index contributed by atoms with van der Waals surface area (Å²) >= 11 is 0. The Morgan fingerprint density at radius 3 is 2.76 bits per heavy atom. The summed E-state index contributed by atoms with van der Waals surface area (Å²) in [7, 11) is 1.43. The lowest BCUT2D eigenvalue weighted by atomic mass is 9.80. The molecule has 2 rings (SSSR count). The molecule has 0 saturated heterocycles. The quantitative estimate of drug-likeness (QED) is 0.797. The van der Waals surface area contributed by atoms with Crippen LogP contribution < -0.4 is 9.64 Å². The van der Waals surface area contributed by atoms with Crippen molar-refractivity contribution in [2.45, 2.75) is 45.6 Å². The summed E-state index contributed by atoms with van der Waals surface area (Å²) in [5.41, 5.74) is 2.27. The summed E-state index contributed by atoms with van der Waals surface area (Å²) in [4.78, 5) is 13.9. The van der Waals surface area contributed by atoms with Gasteiger partial charge in [-0.05, 0) is 56.9 Å². The lowest BCUT2D eigenvalue weighted by Crippen LogP contribution is -2.50. The van der Waals surface area contributed by atoms with E-state index in [-0.39, 0.29) is 18.1 Å². The highest BCUT2D eigenvalue weighted by molar-refractivity contribution is 5.77. The Balaban J connectivity index is 2.42. The van der Waals surface area contributed by atoms with Crippen LogP contribution in [0.4, 0.5) is 5.69 Å². The molecular formula is C17H25NO3. The minimum absolute atomic E-state index is 0.0757. The highest BCUT2D eigenvalue weighted by atomic mass is 16.5. The summed E-state index contributed by atoms with van der Waals surface area (Å²) in [5, 5.41) is 0. The van der Waals surface area contributed by atoms with Crippen molar-refractivity contribution in [1.82, 2.24) is 0 Å². The lowest BCUT2D eigenvalue weighted by molar-refractivity contribution is -0.139. The van der Waals surface area contributed by atoms with Gasteiger partial charge in [-0.3, -0.25) is 4.79 Å². The Bertz CT molecular complexity index is 525. The van der Waals surface area contributed by atoms with E-state index in [9.17, 15) is 4.79 Å². The van der Waals surface area contributed by atoms with E-state index in [1.54, 1.807) is 0 Å². The van der Waals surface area contributed by atoms with E-state index in [0.717, 1.165) is 17.9 Å². The van der Waals surface area contributed by atoms with Crippen molar-refractivity contribution in [3.63, 3.8) is 0 Å². The van der Waals surface area contributed by atoms with Crippen molar-refractivity contribution >= 4 is 11.7 Å². The molecule has 1 aromatic rings. The Hall–Kier alpha value is -1.71. The highest BCUT2D eigenvalue weighted by Crippen LogP contribution is 2.44. The van der Waals surface area contributed by atoms with Crippen molar-refractivity contribution < 1.29 is 14.3 Å². The summed E-state index contributed by atoms with van der Waals surface area (Å²) in [6.45, 7) is 9.49. The van der Waals surface area contributed by atoms with Gasteiger partial charge < -0.3 is 14.4 Å². The van der Waals surface area contributed by atoms with Crippen molar-refractivity contribution in [2.24, 2.45) is 0 Å². The molecule has 1 aromatic carbocycles. The molecule has 0 saturated carbocycles. The SMILES string of the molecule is CCOc1ccc2c(c1)C(C)CC(C)(C)N2CC(=O)OC. The van der Waals surface area contributed by atoms with Crippen LogP contribution in [0, 0.1) is 0 Å². The average molecular weight is 291 g/mol. The maximum atomic E-state index is 11.7. The summed E-state index contributed by atoms with van der Waals surface area (Å²) in [6, 6.07) is 6.13. The third-order valence-electron chi connectivity index (χ3n) is 4.18. The molecule has 4 heteroatoms. The molecule has 1 unspecified atom stereocenters. The van der Waals surface area contributed by atoms with Crippen LogP contribution in [0.2, 0.25) is 0 Å². The van der Waals surface area contributed by atoms with Gasteiger partial charge in [0.1, 0.15) is 12.3 Å². The number of fused-ring (bicyclic) bond motifs is 1. The molecule has 116 valence electrons. The van der Waals surface area contributed by atoms with Crippen molar-refractivity contribution in [1.29, 1.82) is 0 Å². The number of hydrogen-bond acceptors (Lipinski definition) is 4. The first kappa shape index (κ1) is 15.7. The van der Waals surface area contributed by atoms with E-state index in [1.807, 2.05) is 13.0 Å². The smallest absolute Gasteiger partial charge is 0.325 e. The van der Waals surface area contributed by atoms with E-state index in [1.165, 1.54) is 12.7 Å². The molecule has 1 atom stereocenters. The molecule has 21 heavy (non-hydrogen) atoms. The van der Waals surface area contributed by atoms with E-state index < -0.39 is 0 Å². The normalized spacial score (nSPS) is 19.9. The van der Waals surface area contributed by atoms with Crippen LogP contribution in [-0.4, -0.2) is 31.8 Å². The van der Waals surface area contributed by atoms with Gasteiger partial charge >= 0.3 is 5.97 Å². The fraction of sp³-hybridized carbons (Fsp3) is 0.588. The predicted octanol–water partition coefficient (Wildman–Crippen LogP) is 3.35. The molecule has 0 fully saturated rings. The first-order valence-corrected chi connectivity index (χ1v) is 7.50. The van der Waals surface area contributed by atoms with Crippen LogP contribution in [0.25, 0.3) is 0 Å². The Labute approximate surface area is 127 Å². The maximum Gasteiger partial charge on any atom is 0.325 e. The van der Waals surface area contributed by atoms with Gasteiger partial charge in [0.05, 0.1) is 13.7 Å². The van der Waals surface area contributed by atoms with Crippen molar-refractivity contribution in [2.75, 3.05) is 25.2 Å². The molecule has 0 aromatic heterocycles. The van der Waals surface area contributed by atoms with Crippen molar-refractivity contribution in [3.05, 3.63) is 23.8 Å². The number of ether oxygens (including phenoxy) is 2. The van der Waals surface area contributed by atoms with Crippen LogP contribution in [0.3, 0.4) is 0 Å². The van der Waals surface area contributed by atoms with E-state index in [2.05, 4.69) is 37.8 Å². The first-order chi connectivity index (χ1) is 9.89. The minimum atomic E-state index is -0.211. The second kappa shape index (κ2) is 5.96. The van der Waals surface area contributed by atoms with Crippen LogP contribution in [0.1, 0.15) is 45.6 Å². The number of anilines is 1. The molecule has 1 heterocycles. The summed E-state index contributed by atoms with van der Waals surface area (Å²) < 4.78 is 10.4. The van der Waals surface area contributed by atoms with Crippen LogP contribution in [0.15, 0.2) is 18.2 Å². The number of hydrogen-bond donors (Lipinski definition) is 0. The molecule has 0 bridgehead atoms. The molecule has 0 aliphatic carbocycles. The summed E-state index contributed by atoms with van der Waals surface area (Å²) in [5.74, 6) is 1.11. The molecule has 0 spiro atoms. The zero-order valence-electron chi connectivity index (χ0n) is 13.6. The van der Waals surface area contributed by atoms with E-state index in [0.29, 0.717) is 12.5 Å². The first-order valence-electron chi connectivity index (χ1n) is 7.50. The van der Waals surface area contributed by atoms with Gasteiger partial charge in [-0.2, -0.15) is 0 Å². The monoisotopic (exact) mass is 291 g/mol. The second-order valence-corrected chi connectivity index (χ2v) is 6.23. The third-order valence-corrected chi connectivity index (χ3v) is 4.18. The van der Waals surface area contributed by atoms with Gasteiger partial charge in [0.15, 0.2) is 0 Å². The highest BCUT2D eigenvalue weighted by Gasteiger charge is 2.37. The number of esters is 1. The second-order valence-electron chi connectivity index (χ2n) is 6.23. The Morgan fingerprint density at radius 1 is 1.43 bits per heavy atom. The van der Waals surface area contributed by atoms with Gasteiger partial charge in [0, 0.05) is 11.2 Å². The standard InChI is InChI=1S/C17H25NO3/c1-6-21-13-7-8-15-14(9-13)12(2)10-17(3,4)18(15)11-16(19)20-5/h7-9,12H,6,10-11H2,1-5H3. The molecule has 0 N–H and O–H groups in total. The van der Waals surface area contributed by atoms with Gasteiger partial charge in [-0.1, -0.05) is 6.92 Å².